The van der Waals surface area contributed by atoms with Gasteiger partial charge in [-0.05, 0) is 24.3 Å². The van der Waals surface area contributed by atoms with E-state index in [1.165, 1.54) is 0 Å². The van der Waals surface area contributed by atoms with E-state index in [1.807, 2.05) is 19.1 Å². The lowest BCUT2D eigenvalue weighted by Gasteiger charge is -2.15. The van der Waals surface area contributed by atoms with Gasteiger partial charge in [0.2, 0.25) is 11.6 Å². The Bertz CT molecular complexity index is 809. The van der Waals surface area contributed by atoms with E-state index >= 15 is 0 Å². The molecule has 1 aliphatic carbocycles. The summed E-state index contributed by atoms with van der Waals surface area (Å²) in [5.74, 6) is -0.234. The molecule has 0 atom stereocenters. The van der Waals surface area contributed by atoms with Crippen LogP contribution in [0.4, 0.5) is 5.69 Å². The molecule has 0 radical (unpaired) electrons. The Morgan fingerprint density at radius 1 is 1.23 bits per heavy atom. The second-order valence-electron chi connectivity index (χ2n) is 4.74. The number of carbonyl (C=O) groups is 2. The van der Waals surface area contributed by atoms with Crippen LogP contribution in [0.15, 0.2) is 39.5 Å². The van der Waals surface area contributed by atoms with E-state index in [9.17, 15) is 9.59 Å². The minimum atomic E-state index is -0.428. The van der Waals surface area contributed by atoms with E-state index in [1.54, 1.807) is 12.1 Å². The van der Waals surface area contributed by atoms with Crippen LogP contribution in [0, 0.1) is 0 Å². The zero-order valence-electron chi connectivity index (χ0n) is 11.5. The number of anilines is 1. The van der Waals surface area contributed by atoms with Gasteiger partial charge in [-0.25, -0.2) is 4.98 Å². The number of imidazole rings is 1. The van der Waals surface area contributed by atoms with E-state index in [0.717, 1.165) is 4.47 Å². The van der Waals surface area contributed by atoms with Gasteiger partial charge in [-0.2, -0.15) is 0 Å². The quantitative estimate of drug-likeness (QED) is 0.852. The molecule has 112 valence electrons. The van der Waals surface area contributed by atoms with Gasteiger partial charge in [0.05, 0.1) is 0 Å². The maximum absolute atomic E-state index is 12.5. The van der Waals surface area contributed by atoms with Gasteiger partial charge in [-0.15, -0.1) is 0 Å². The first-order valence-electron chi connectivity index (χ1n) is 6.62. The smallest absolute Gasteiger partial charge is 0.231 e. The van der Waals surface area contributed by atoms with Gasteiger partial charge in [-0.3, -0.25) is 9.59 Å². The summed E-state index contributed by atoms with van der Waals surface area (Å²) in [6, 6.07) is 7.19. The monoisotopic (exact) mass is 379 g/mol. The van der Waals surface area contributed by atoms with Crippen LogP contribution in [-0.2, 0) is 6.42 Å². The first-order valence-corrected chi connectivity index (χ1v) is 7.79. The number of nitrogens with zero attached hydrogens (tertiary/aromatic N) is 1. The minimum Gasteiger partial charge on any atom is -0.351 e. The van der Waals surface area contributed by atoms with Crippen LogP contribution >= 0.6 is 27.5 Å². The van der Waals surface area contributed by atoms with Crippen LogP contribution < -0.4 is 5.32 Å². The van der Waals surface area contributed by atoms with Crippen molar-refractivity contribution in [1.29, 1.82) is 0 Å². The molecule has 0 spiro atoms. The number of ketones is 2. The van der Waals surface area contributed by atoms with Crippen molar-refractivity contribution in [2.24, 2.45) is 0 Å². The Hall–Kier alpha value is -1.92. The van der Waals surface area contributed by atoms with Gasteiger partial charge in [-0.1, -0.05) is 34.5 Å². The summed E-state index contributed by atoms with van der Waals surface area (Å²) in [6.45, 7) is 1.88. The number of aryl methyl sites for hydroxylation is 1. The van der Waals surface area contributed by atoms with Gasteiger partial charge in [0.1, 0.15) is 27.9 Å². The van der Waals surface area contributed by atoms with Gasteiger partial charge < -0.3 is 10.3 Å². The molecule has 2 N–H and O–H groups in total. The number of fused-ring (bicyclic) bond motifs is 1. The molecule has 0 unspecified atom stereocenters. The van der Waals surface area contributed by atoms with Crippen molar-refractivity contribution in [2.45, 2.75) is 13.3 Å². The highest BCUT2D eigenvalue weighted by Gasteiger charge is 2.34. The lowest BCUT2D eigenvalue weighted by molar-refractivity contribution is 0.0977. The lowest BCUT2D eigenvalue weighted by atomic mass is 10.0. The molecule has 7 heteroatoms. The van der Waals surface area contributed by atoms with Crippen LogP contribution in [0.2, 0.25) is 0 Å². The molecule has 0 saturated carbocycles. The van der Waals surface area contributed by atoms with Crippen molar-refractivity contribution < 1.29 is 9.59 Å². The van der Waals surface area contributed by atoms with Crippen LogP contribution in [0.3, 0.4) is 0 Å². The van der Waals surface area contributed by atoms with E-state index in [2.05, 4.69) is 31.2 Å². The number of nitrogens with one attached hydrogen (secondary N) is 2. The SMILES string of the molecule is CCc1nc2c([nH]1)C(=O)C(Cl)=C(Nc1ccc(Br)cc1)C2=O. The fourth-order valence-corrected chi connectivity index (χ4v) is 2.64. The molecule has 0 fully saturated rings. The Morgan fingerprint density at radius 2 is 1.91 bits per heavy atom. The molecule has 1 aromatic carbocycles. The number of Topliss-reactive ketones (excluding diaryl/α,β-unsaturated/α-hetero) is 2. The Balaban J connectivity index is 2.00. The molecule has 0 saturated heterocycles. The van der Waals surface area contributed by atoms with Gasteiger partial charge in [0.15, 0.2) is 0 Å². The maximum Gasteiger partial charge on any atom is 0.231 e. The molecule has 5 nitrogen and oxygen atoms in total. The standard InChI is InChI=1S/C15H11BrClN3O2/c1-2-9-19-12-13(20-9)15(22)11(10(17)14(12)21)18-8-5-3-7(16)4-6-8/h3-6,18H,2H2,1H3,(H,19,20). The van der Waals surface area contributed by atoms with E-state index in [0.29, 0.717) is 17.9 Å². The second-order valence-corrected chi connectivity index (χ2v) is 6.03. The molecule has 1 aliphatic rings. The molecule has 0 bridgehead atoms. The Labute approximate surface area is 139 Å². The highest BCUT2D eigenvalue weighted by atomic mass is 79.9. The molecular formula is C15H11BrClN3O2. The van der Waals surface area contributed by atoms with Crippen LogP contribution in [-0.4, -0.2) is 21.5 Å². The molecular weight excluding hydrogens is 370 g/mol. The van der Waals surface area contributed by atoms with Crippen LogP contribution in [0.25, 0.3) is 0 Å². The van der Waals surface area contributed by atoms with Crippen molar-refractivity contribution >= 4 is 44.8 Å². The van der Waals surface area contributed by atoms with Crippen LogP contribution in [0.5, 0.6) is 0 Å². The third-order valence-corrected chi connectivity index (χ3v) is 4.18. The lowest BCUT2D eigenvalue weighted by Crippen LogP contribution is -2.24. The predicted octanol–water partition coefficient (Wildman–Crippen LogP) is 3.68. The number of benzene rings is 1. The maximum atomic E-state index is 12.5. The first kappa shape index (κ1) is 15.0. The van der Waals surface area contributed by atoms with Crippen molar-refractivity contribution in [3.05, 3.63) is 56.7 Å². The third kappa shape index (κ3) is 2.48. The number of halogens is 2. The zero-order valence-corrected chi connectivity index (χ0v) is 13.9. The zero-order chi connectivity index (χ0) is 15.9. The number of H-pyrrole nitrogens is 1. The summed E-state index contributed by atoms with van der Waals surface area (Å²) in [5, 5.41) is 2.78. The number of aromatic amines is 1. The van der Waals surface area contributed by atoms with Crippen molar-refractivity contribution in [1.82, 2.24) is 9.97 Å². The summed E-state index contributed by atoms with van der Waals surface area (Å²) >= 11 is 9.41. The number of aromatic nitrogens is 2. The second kappa shape index (κ2) is 5.70. The Kier molecular flexibility index (Phi) is 3.88. The summed E-state index contributed by atoms with van der Waals surface area (Å²) in [4.78, 5) is 31.8. The molecule has 3 rings (SSSR count). The molecule has 22 heavy (non-hydrogen) atoms. The number of hydrogen-bond acceptors (Lipinski definition) is 4. The molecule has 1 aromatic heterocycles. The van der Waals surface area contributed by atoms with Crippen molar-refractivity contribution in [2.75, 3.05) is 5.32 Å². The largest absolute Gasteiger partial charge is 0.351 e. The normalized spacial score (nSPS) is 14.3. The van der Waals surface area contributed by atoms with Crippen LogP contribution in [0.1, 0.15) is 33.7 Å². The number of carbonyl (C=O) groups excluding carboxylic acids is 2. The number of hydrogen-bond donors (Lipinski definition) is 2. The fourth-order valence-electron chi connectivity index (χ4n) is 2.15. The predicted molar refractivity (Wildman–Crippen MR) is 87.3 cm³/mol. The van der Waals surface area contributed by atoms with E-state index < -0.39 is 11.6 Å². The van der Waals surface area contributed by atoms with Gasteiger partial charge >= 0.3 is 0 Å². The fraction of sp³-hybridized carbons (Fsp3) is 0.133. The third-order valence-electron chi connectivity index (χ3n) is 3.29. The molecule has 2 aromatic rings. The Morgan fingerprint density at radius 3 is 2.55 bits per heavy atom. The van der Waals surface area contributed by atoms with Gasteiger partial charge in [0, 0.05) is 16.6 Å². The molecule has 0 aliphatic heterocycles. The summed E-state index contributed by atoms with van der Waals surface area (Å²) < 4.78 is 0.909. The highest BCUT2D eigenvalue weighted by Crippen LogP contribution is 2.28. The minimum absolute atomic E-state index is 0.0515. The summed E-state index contributed by atoms with van der Waals surface area (Å²) in [6.07, 6.45) is 0.598. The van der Waals surface area contributed by atoms with E-state index in [-0.39, 0.29) is 22.1 Å². The molecule has 0 amide bonds. The summed E-state index contributed by atoms with van der Waals surface area (Å²) in [5.41, 5.74) is 0.988. The van der Waals surface area contributed by atoms with Crippen molar-refractivity contribution in [3.63, 3.8) is 0 Å². The first-order chi connectivity index (χ1) is 10.5. The van der Waals surface area contributed by atoms with Crippen molar-refractivity contribution in [3.8, 4) is 0 Å². The average Bonchev–Trinajstić information content (AvgIpc) is 2.96. The number of rotatable bonds is 3. The highest BCUT2D eigenvalue weighted by molar-refractivity contribution is 9.10. The van der Waals surface area contributed by atoms with E-state index in [4.69, 9.17) is 11.6 Å². The summed E-state index contributed by atoms with van der Waals surface area (Å²) in [7, 11) is 0. The van der Waals surface area contributed by atoms with Gasteiger partial charge in [0.25, 0.3) is 0 Å². The average molecular weight is 381 g/mol. The molecule has 1 heterocycles. The number of allylic oxidation sites excluding steroid dienone is 2. The topological polar surface area (TPSA) is 74.8 Å².